The van der Waals surface area contributed by atoms with Crippen LogP contribution in [-0.4, -0.2) is 30.7 Å². The number of nitriles is 1. The van der Waals surface area contributed by atoms with Crippen LogP contribution in [0.1, 0.15) is 18.9 Å². The molecule has 1 aliphatic heterocycles. The summed E-state index contributed by atoms with van der Waals surface area (Å²) < 4.78 is 5.53. The highest BCUT2D eigenvalue weighted by atomic mass is 16.6. The van der Waals surface area contributed by atoms with Gasteiger partial charge in [0.1, 0.15) is 5.69 Å². The molecule has 100 valence electrons. The molecule has 0 radical (unpaired) electrons. The zero-order valence-corrected chi connectivity index (χ0v) is 10.7. The van der Waals surface area contributed by atoms with Gasteiger partial charge in [0, 0.05) is 25.8 Å². The van der Waals surface area contributed by atoms with Crippen LogP contribution in [0, 0.1) is 21.4 Å². The molecule has 0 spiro atoms. The molecule has 1 atom stereocenters. The molecule has 1 aliphatic rings. The summed E-state index contributed by atoms with van der Waals surface area (Å²) in [6, 6.07) is 6.46. The fraction of sp³-hybridized carbons (Fsp3) is 0.462. The fourth-order valence-electron chi connectivity index (χ4n) is 2.21. The minimum absolute atomic E-state index is 0.0212. The summed E-state index contributed by atoms with van der Waals surface area (Å²) in [6.45, 7) is 3.89. The zero-order valence-electron chi connectivity index (χ0n) is 10.7. The van der Waals surface area contributed by atoms with Gasteiger partial charge >= 0.3 is 0 Å². The number of nitro benzene ring substituents is 1. The third-order valence-corrected chi connectivity index (χ3v) is 3.09. The van der Waals surface area contributed by atoms with Gasteiger partial charge in [0.15, 0.2) is 0 Å². The summed E-state index contributed by atoms with van der Waals surface area (Å²) in [5.74, 6) is 0. The smallest absolute Gasteiger partial charge is 0.292 e. The van der Waals surface area contributed by atoms with Gasteiger partial charge in [-0.25, -0.2) is 0 Å². The van der Waals surface area contributed by atoms with Crippen molar-refractivity contribution in [2.24, 2.45) is 0 Å². The number of nitro groups is 1. The molecule has 1 fully saturated rings. The molecule has 1 aromatic carbocycles. The monoisotopic (exact) mass is 261 g/mol. The molecule has 0 bridgehead atoms. The maximum absolute atomic E-state index is 11.1. The molecule has 0 amide bonds. The number of nitrogens with zero attached hydrogens (tertiary/aromatic N) is 3. The van der Waals surface area contributed by atoms with Crippen molar-refractivity contribution < 1.29 is 9.66 Å². The van der Waals surface area contributed by atoms with Crippen molar-refractivity contribution in [3.8, 4) is 6.07 Å². The Labute approximate surface area is 111 Å². The van der Waals surface area contributed by atoms with Crippen LogP contribution in [0.5, 0.6) is 0 Å². The van der Waals surface area contributed by atoms with E-state index in [-0.39, 0.29) is 11.8 Å². The van der Waals surface area contributed by atoms with Gasteiger partial charge in [0.25, 0.3) is 5.69 Å². The topological polar surface area (TPSA) is 79.4 Å². The maximum atomic E-state index is 11.1. The Morgan fingerprint density at radius 1 is 1.58 bits per heavy atom. The van der Waals surface area contributed by atoms with Gasteiger partial charge in [0.05, 0.1) is 22.7 Å². The van der Waals surface area contributed by atoms with Crippen molar-refractivity contribution in [3.63, 3.8) is 0 Å². The number of anilines is 1. The van der Waals surface area contributed by atoms with E-state index < -0.39 is 4.92 Å². The van der Waals surface area contributed by atoms with E-state index in [4.69, 9.17) is 10.00 Å². The minimum atomic E-state index is -0.410. The van der Waals surface area contributed by atoms with Gasteiger partial charge in [0.2, 0.25) is 0 Å². The molecule has 1 heterocycles. The van der Waals surface area contributed by atoms with Crippen molar-refractivity contribution in [1.82, 2.24) is 0 Å². The third-order valence-electron chi connectivity index (χ3n) is 3.09. The molecule has 1 unspecified atom stereocenters. The van der Waals surface area contributed by atoms with E-state index in [0.29, 0.717) is 30.9 Å². The van der Waals surface area contributed by atoms with Gasteiger partial charge in [-0.3, -0.25) is 10.1 Å². The quantitative estimate of drug-likeness (QED) is 0.601. The lowest BCUT2D eigenvalue weighted by molar-refractivity contribution is -0.384. The molecule has 1 saturated heterocycles. The molecule has 1 aromatic rings. The average molecular weight is 261 g/mol. The second-order valence-corrected chi connectivity index (χ2v) is 4.55. The first kappa shape index (κ1) is 13.3. The second kappa shape index (κ2) is 5.67. The van der Waals surface area contributed by atoms with Crippen LogP contribution in [0.15, 0.2) is 18.2 Å². The van der Waals surface area contributed by atoms with Crippen molar-refractivity contribution in [2.75, 3.05) is 24.6 Å². The summed E-state index contributed by atoms with van der Waals surface area (Å²) in [5.41, 5.74) is 0.966. The van der Waals surface area contributed by atoms with Crippen LogP contribution < -0.4 is 4.90 Å². The highest BCUT2D eigenvalue weighted by molar-refractivity contribution is 5.66. The third kappa shape index (κ3) is 3.01. The van der Waals surface area contributed by atoms with Crippen LogP contribution >= 0.6 is 0 Å². The van der Waals surface area contributed by atoms with Crippen molar-refractivity contribution in [2.45, 2.75) is 19.4 Å². The Morgan fingerprint density at radius 2 is 2.37 bits per heavy atom. The number of benzene rings is 1. The minimum Gasteiger partial charge on any atom is -0.377 e. The van der Waals surface area contributed by atoms with Crippen LogP contribution in [0.3, 0.4) is 0 Å². The summed E-state index contributed by atoms with van der Waals surface area (Å²) in [6.07, 6.45) is 0.839. The van der Waals surface area contributed by atoms with E-state index in [1.54, 1.807) is 6.07 Å². The number of hydrogen-bond donors (Lipinski definition) is 0. The standard InChI is InChI=1S/C13H15N3O3/c1-10-9-15(5-2-6-19-10)13-7-11(8-14)3-4-12(13)16(17)18/h3-4,7,10H,2,5-6,9H2,1H3. The maximum Gasteiger partial charge on any atom is 0.292 e. The van der Waals surface area contributed by atoms with Crippen LogP contribution in [0.25, 0.3) is 0 Å². The Bertz CT molecular complexity index is 524. The Morgan fingerprint density at radius 3 is 3.05 bits per heavy atom. The lowest BCUT2D eigenvalue weighted by atomic mass is 10.1. The van der Waals surface area contributed by atoms with E-state index >= 15 is 0 Å². The zero-order chi connectivity index (χ0) is 13.8. The highest BCUT2D eigenvalue weighted by Crippen LogP contribution is 2.30. The predicted octanol–water partition coefficient (Wildman–Crippen LogP) is 2.08. The Hall–Kier alpha value is -2.13. The summed E-state index contributed by atoms with van der Waals surface area (Å²) >= 11 is 0. The van der Waals surface area contributed by atoms with Gasteiger partial charge in [-0.05, 0) is 25.5 Å². The molecular formula is C13H15N3O3. The van der Waals surface area contributed by atoms with E-state index in [9.17, 15) is 10.1 Å². The SMILES string of the molecule is CC1CN(c2cc(C#N)ccc2[N+](=O)[O-])CCCO1. The summed E-state index contributed by atoms with van der Waals surface area (Å²) in [5, 5.41) is 20.0. The average Bonchev–Trinajstić information content (AvgIpc) is 2.62. The van der Waals surface area contributed by atoms with Gasteiger partial charge in [-0.2, -0.15) is 5.26 Å². The van der Waals surface area contributed by atoms with E-state index in [2.05, 4.69) is 0 Å². The fourth-order valence-corrected chi connectivity index (χ4v) is 2.21. The highest BCUT2D eigenvalue weighted by Gasteiger charge is 2.23. The second-order valence-electron chi connectivity index (χ2n) is 4.55. The summed E-state index contributed by atoms with van der Waals surface area (Å²) in [4.78, 5) is 12.6. The Kier molecular flexibility index (Phi) is 3.97. The molecule has 0 N–H and O–H groups in total. The lowest BCUT2D eigenvalue weighted by Gasteiger charge is -2.24. The summed E-state index contributed by atoms with van der Waals surface area (Å²) in [7, 11) is 0. The van der Waals surface area contributed by atoms with Gasteiger partial charge in [-0.1, -0.05) is 0 Å². The number of hydrogen-bond acceptors (Lipinski definition) is 5. The van der Waals surface area contributed by atoms with Crippen LogP contribution in [0.4, 0.5) is 11.4 Å². The first-order valence-corrected chi connectivity index (χ1v) is 6.17. The van der Waals surface area contributed by atoms with Crippen LogP contribution in [0.2, 0.25) is 0 Å². The predicted molar refractivity (Wildman–Crippen MR) is 70.1 cm³/mol. The molecule has 0 aliphatic carbocycles. The molecule has 0 saturated carbocycles. The van der Waals surface area contributed by atoms with Crippen molar-refractivity contribution in [3.05, 3.63) is 33.9 Å². The first-order chi connectivity index (χ1) is 9.11. The number of ether oxygens (including phenoxy) is 1. The largest absolute Gasteiger partial charge is 0.377 e. The van der Waals surface area contributed by atoms with Crippen LogP contribution in [-0.2, 0) is 4.74 Å². The van der Waals surface area contributed by atoms with Crippen molar-refractivity contribution >= 4 is 11.4 Å². The van der Waals surface area contributed by atoms with E-state index in [1.807, 2.05) is 17.9 Å². The van der Waals surface area contributed by atoms with Gasteiger partial charge in [-0.15, -0.1) is 0 Å². The molecular weight excluding hydrogens is 246 g/mol. The lowest BCUT2D eigenvalue weighted by Crippen LogP contribution is -2.30. The van der Waals surface area contributed by atoms with E-state index in [1.165, 1.54) is 12.1 Å². The molecule has 6 nitrogen and oxygen atoms in total. The first-order valence-electron chi connectivity index (χ1n) is 6.17. The van der Waals surface area contributed by atoms with Gasteiger partial charge < -0.3 is 9.64 Å². The molecule has 19 heavy (non-hydrogen) atoms. The molecule has 2 rings (SSSR count). The normalized spacial score (nSPS) is 19.6. The van der Waals surface area contributed by atoms with Crippen molar-refractivity contribution in [1.29, 1.82) is 5.26 Å². The number of rotatable bonds is 2. The molecule has 6 heteroatoms. The van der Waals surface area contributed by atoms with E-state index in [0.717, 1.165) is 6.42 Å². The molecule has 0 aromatic heterocycles. The Balaban J connectivity index is 2.40.